The van der Waals surface area contributed by atoms with Gasteiger partial charge in [0.1, 0.15) is 5.82 Å². The highest BCUT2D eigenvalue weighted by atomic mass is 35.5. The molecule has 0 aromatic heterocycles. The molecule has 1 aromatic rings. The number of benzene rings is 1. The minimum absolute atomic E-state index is 0.203. The van der Waals surface area contributed by atoms with Gasteiger partial charge in [0.2, 0.25) is 0 Å². The predicted octanol–water partition coefficient (Wildman–Crippen LogP) is 3.66. The van der Waals surface area contributed by atoms with Gasteiger partial charge in [-0.1, -0.05) is 31.5 Å². The standard InChI is InChI=1S/C13H19ClFN/c1-9(2)13(16-3)8-7-10-11(14)5-4-6-12(10)15/h4-6,9,13,16H,7-8H2,1-3H3. The molecule has 0 fully saturated rings. The first kappa shape index (κ1) is 13.5. The Hall–Kier alpha value is -0.600. The first-order chi connectivity index (χ1) is 7.56. The summed E-state index contributed by atoms with van der Waals surface area (Å²) in [6.07, 6.45) is 1.57. The molecule has 90 valence electrons. The zero-order valence-corrected chi connectivity index (χ0v) is 10.8. The van der Waals surface area contributed by atoms with E-state index < -0.39 is 0 Å². The van der Waals surface area contributed by atoms with Crippen LogP contribution in [-0.2, 0) is 6.42 Å². The molecule has 0 aliphatic carbocycles. The molecular formula is C13H19ClFN. The van der Waals surface area contributed by atoms with Gasteiger partial charge in [-0.05, 0) is 37.9 Å². The van der Waals surface area contributed by atoms with Gasteiger partial charge in [-0.25, -0.2) is 4.39 Å². The van der Waals surface area contributed by atoms with E-state index in [-0.39, 0.29) is 5.82 Å². The molecule has 1 atom stereocenters. The maximum atomic E-state index is 13.5. The largest absolute Gasteiger partial charge is 0.317 e. The van der Waals surface area contributed by atoms with Crippen molar-refractivity contribution in [3.05, 3.63) is 34.6 Å². The van der Waals surface area contributed by atoms with Gasteiger partial charge >= 0.3 is 0 Å². The van der Waals surface area contributed by atoms with Crippen LogP contribution in [0.15, 0.2) is 18.2 Å². The molecule has 0 saturated carbocycles. The van der Waals surface area contributed by atoms with Gasteiger partial charge in [0.05, 0.1) is 0 Å². The fourth-order valence-corrected chi connectivity index (χ4v) is 2.14. The Labute approximate surface area is 102 Å². The average Bonchev–Trinajstić information content (AvgIpc) is 2.22. The van der Waals surface area contributed by atoms with Crippen molar-refractivity contribution in [2.75, 3.05) is 7.05 Å². The van der Waals surface area contributed by atoms with Gasteiger partial charge in [-0.15, -0.1) is 0 Å². The van der Waals surface area contributed by atoms with Gasteiger partial charge < -0.3 is 5.32 Å². The molecule has 1 rings (SSSR count). The Bertz CT molecular complexity index is 318. The number of hydrogen-bond donors (Lipinski definition) is 1. The summed E-state index contributed by atoms with van der Waals surface area (Å²) in [5, 5.41) is 3.77. The van der Waals surface area contributed by atoms with Gasteiger partial charge in [-0.2, -0.15) is 0 Å². The average molecular weight is 244 g/mol. The van der Waals surface area contributed by atoms with Crippen LogP contribution in [0.5, 0.6) is 0 Å². The Morgan fingerprint density at radius 1 is 1.38 bits per heavy atom. The van der Waals surface area contributed by atoms with E-state index in [9.17, 15) is 4.39 Å². The van der Waals surface area contributed by atoms with Gasteiger partial charge in [-0.3, -0.25) is 0 Å². The van der Waals surface area contributed by atoms with Crippen molar-refractivity contribution in [1.29, 1.82) is 0 Å². The molecule has 1 aromatic carbocycles. The molecule has 0 amide bonds. The fourth-order valence-electron chi connectivity index (χ4n) is 1.88. The third-order valence-electron chi connectivity index (χ3n) is 2.94. The lowest BCUT2D eigenvalue weighted by molar-refractivity contribution is 0.400. The predicted molar refractivity (Wildman–Crippen MR) is 67.4 cm³/mol. The second-order valence-corrected chi connectivity index (χ2v) is 4.79. The molecule has 1 nitrogen and oxygen atoms in total. The molecule has 0 heterocycles. The first-order valence-corrected chi connectivity index (χ1v) is 6.04. The van der Waals surface area contributed by atoms with Crippen LogP contribution in [0.1, 0.15) is 25.8 Å². The molecule has 0 bridgehead atoms. The maximum Gasteiger partial charge on any atom is 0.127 e. The number of rotatable bonds is 5. The molecule has 1 N–H and O–H groups in total. The Morgan fingerprint density at radius 2 is 2.06 bits per heavy atom. The zero-order valence-electron chi connectivity index (χ0n) is 10.1. The summed E-state index contributed by atoms with van der Waals surface area (Å²) < 4.78 is 13.5. The second kappa shape index (κ2) is 6.21. The van der Waals surface area contributed by atoms with Crippen molar-refractivity contribution in [1.82, 2.24) is 5.32 Å². The summed E-state index contributed by atoms with van der Waals surface area (Å²) in [5.74, 6) is 0.335. The van der Waals surface area contributed by atoms with Crippen LogP contribution in [0.3, 0.4) is 0 Å². The fraction of sp³-hybridized carbons (Fsp3) is 0.538. The monoisotopic (exact) mass is 243 g/mol. The second-order valence-electron chi connectivity index (χ2n) is 4.38. The highest BCUT2D eigenvalue weighted by Crippen LogP contribution is 2.21. The smallest absolute Gasteiger partial charge is 0.127 e. The van der Waals surface area contributed by atoms with Crippen molar-refractivity contribution in [2.45, 2.75) is 32.7 Å². The summed E-state index contributed by atoms with van der Waals surface area (Å²) in [7, 11) is 1.94. The Morgan fingerprint density at radius 3 is 2.56 bits per heavy atom. The highest BCUT2D eigenvalue weighted by Gasteiger charge is 2.13. The van der Waals surface area contributed by atoms with Gasteiger partial charge in [0, 0.05) is 16.6 Å². The van der Waals surface area contributed by atoms with Crippen molar-refractivity contribution >= 4 is 11.6 Å². The summed E-state index contributed by atoms with van der Waals surface area (Å²) in [6, 6.07) is 5.24. The normalized spacial score (nSPS) is 13.1. The molecule has 0 aliphatic rings. The summed E-state index contributed by atoms with van der Waals surface area (Å²) >= 11 is 5.98. The van der Waals surface area contributed by atoms with Crippen molar-refractivity contribution in [2.24, 2.45) is 5.92 Å². The van der Waals surface area contributed by atoms with E-state index in [1.165, 1.54) is 6.07 Å². The summed E-state index contributed by atoms with van der Waals surface area (Å²) in [6.45, 7) is 4.31. The minimum Gasteiger partial charge on any atom is -0.317 e. The minimum atomic E-state index is -0.203. The summed E-state index contributed by atoms with van der Waals surface area (Å²) in [5.41, 5.74) is 0.630. The third-order valence-corrected chi connectivity index (χ3v) is 3.30. The van der Waals surface area contributed by atoms with E-state index in [2.05, 4.69) is 19.2 Å². The van der Waals surface area contributed by atoms with E-state index in [4.69, 9.17) is 11.6 Å². The van der Waals surface area contributed by atoms with E-state index in [0.29, 0.717) is 29.0 Å². The van der Waals surface area contributed by atoms with Crippen molar-refractivity contribution in [3.63, 3.8) is 0 Å². The van der Waals surface area contributed by atoms with Crippen LogP contribution < -0.4 is 5.32 Å². The lowest BCUT2D eigenvalue weighted by atomic mass is 9.96. The van der Waals surface area contributed by atoms with Crippen LogP contribution in [0.2, 0.25) is 5.02 Å². The molecule has 0 aliphatic heterocycles. The van der Waals surface area contributed by atoms with Crippen molar-refractivity contribution in [3.8, 4) is 0 Å². The van der Waals surface area contributed by atoms with Crippen LogP contribution in [-0.4, -0.2) is 13.1 Å². The summed E-state index contributed by atoms with van der Waals surface area (Å²) in [4.78, 5) is 0. The third kappa shape index (κ3) is 3.46. The van der Waals surface area contributed by atoms with Crippen LogP contribution >= 0.6 is 11.6 Å². The van der Waals surface area contributed by atoms with Crippen molar-refractivity contribution < 1.29 is 4.39 Å². The molecule has 0 saturated heterocycles. The lowest BCUT2D eigenvalue weighted by Crippen LogP contribution is -2.31. The maximum absolute atomic E-state index is 13.5. The lowest BCUT2D eigenvalue weighted by Gasteiger charge is -2.20. The van der Waals surface area contributed by atoms with Gasteiger partial charge in [0.25, 0.3) is 0 Å². The molecule has 1 unspecified atom stereocenters. The first-order valence-electron chi connectivity index (χ1n) is 5.66. The van der Waals surface area contributed by atoms with E-state index in [1.807, 2.05) is 7.05 Å². The highest BCUT2D eigenvalue weighted by molar-refractivity contribution is 6.31. The quantitative estimate of drug-likeness (QED) is 0.832. The molecule has 0 radical (unpaired) electrons. The Balaban J connectivity index is 2.67. The number of halogens is 2. The van der Waals surface area contributed by atoms with E-state index in [1.54, 1.807) is 12.1 Å². The number of nitrogens with one attached hydrogen (secondary N) is 1. The molecule has 0 spiro atoms. The zero-order chi connectivity index (χ0) is 12.1. The Kier molecular flexibility index (Phi) is 5.23. The van der Waals surface area contributed by atoms with Crippen LogP contribution in [0.4, 0.5) is 4.39 Å². The SMILES string of the molecule is CNC(CCc1c(F)cccc1Cl)C(C)C. The molecular weight excluding hydrogens is 225 g/mol. The van der Waals surface area contributed by atoms with E-state index in [0.717, 1.165) is 6.42 Å². The molecule has 3 heteroatoms. The van der Waals surface area contributed by atoms with Crippen LogP contribution in [0, 0.1) is 11.7 Å². The van der Waals surface area contributed by atoms with Gasteiger partial charge in [0.15, 0.2) is 0 Å². The van der Waals surface area contributed by atoms with E-state index >= 15 is 0 Å². The van der Waals surface area contributed by atoms with Crippen LogP contribution in [0.25, 0.3) is 0 Å². The molecule has 16 heavy (non-hydrogen) atoms. The number of hydrogen-bond acceptors (Lipinski definition) is 1. The topological polar surface area (TPSA) is 12.0 Å².